The van der Waals surface area contributed by atoms with Crippen LogP contribution in [0.15, 0.2) is 41.8 Å². The first-order chi connectivity index (χ1) is 12.8. The van der Waals surface area contributed by atoms with Gasteiger partial charge in [-0.05, 0) is 55.2 Å². The quantitative estimate of drug-likeness (QED) is 0.729. The molecule has 0 saturated carbocycles. The molecule has 4 nitrogen and oxygen atoms in total. The van der Waals surface area contributed by atoms with Crippen molar-refractivity contribution < 1.29 is 13.2 Å². The molecule has 3 rings (SSSR count). The highest BCUT2D eigenvalue weighted by Gasteiger charge is 2.27. The van der Waals surface area contributed by atoms with Crippen molar-refractivity contribution in [1.82, 2.24) is 4.90 Å². The Morgan fingerprint density at radius 3 is 2.37 bits per heavy atom. The van der Waals surface area contributed by atoms with Crippen LogP contribution in [0.1, 0.15) is 32.3 Å². The molecule has 0 aliphatic carbocycles. The Hall–Kier alpha value is -1.66. The fourth-order valence-electron chi connectivity index (χ4n) is 3.39. The van der Waals surface area contributed by atoms with Crippen LogP contribution in [0, 0.1) is 5.92 Å². The van der Waals surface area contributed by atoms with Crippen LogP contribution in [-0.2, 0) is 21.1 Å². The van der Waals surface area contributed by atoms with Gasteiger partial charge in [0.15, 0.2) is 9.84 Å². The van der Waals surface area contributed by atoms with Crippen molar-refractivity contribution in [3.8, 4) is 10.4 Å². The number of amides is 1. The summed E-state index contributed by atoms with van der Waals surface area (Å²) in [5, 5.41) is 1.73. The molecule has 2 aromatic rings. The Morgan fingerprint density at radius 2 is 1.81 bits per heavy atom. The second kappa shape index (κ2) is 8.57. The second-order valence-corrected chi connectivity index (χ2v) is 11.1. The van der Waals surface area contributed by atoms with Crippen LogP contribution in [0.3, 0.4) is 0 Å². The molecule has 27 heavy (non-hydrogen) atoms. The number of hydrogen-bond donors (Lipinski definition) is 0. The van der Waals surface area contributed by atoms with E-state index in [0.29, 0.717) is 19.5 Å². The van der Waals surface area contributed by atoms with Crippen molar-refractivity contribution in [3.63, 3.8) is 0 Å². The lowest BCUT2D eigenvalue weighted by Crippen LogP contribution is -2.41. The molecule has 146 valence electrons. The predicted octanol–water partition coefficient (Wildman–Crippen LogP) is 4.02. The Bertz CT molecular complexity index is 847. The first-order valence-electron chi connectivity index (χ1n) is 9.47. The molecular formula is C21H27NO3S2. The summed E-state index contributed by atoms with van der Waals surface area (Å²) >= 11 is 1.71. The number of hydrogen-bond acceptors (Lipinski definition) is 4. The van der Waals surface area contributed by atoms with E-state index in [1.54, 1.807) is 25.2 Å². The summed E-state index contributed by atoms with van der Waals surface area (Å²) in [6.45, 7) is 4.78. The largest absolute Gasteiger partial charge is 0.342 e. The first-order valence-corrected chi connectivity index (χ1v) is 12.1. The zero-order valence-electron chi connectivity index (χ0n) is 15.9. The van der Waals surface area contributed by atoms with E-state index in [2.05, 4.69) is 23.6 Å². The van der Waals surface area contributed by atoms with Crippen molar-refractivity contribution in [2.45, 2.75) is 38.4 Å². The smallest absolute Gasteiger partial charge is 0.226 e. The molecule has 6 heteroatoms. The van der Waals surface area contributed by atoms with Gasteiger partial charge in [-0.25, -0.2) is 8.42 Å². The highest BCUT2D eigenvalue weighted by Crippen LogP contribution is 2.25. The van der Waals surface area contributed by atoms with Gasteiger partial charge in [0.2, 0.25) is 5.91 Å². The number of thiophene rings is 1. The van der Waals surface area contributed by atoms with Crippen LogP contribution in [0.5, 0.6) is 0 Å². The van der Waals surface area contributed by atoms with Crippen LogP contribution < -0.4 is 0 Å². The van der Waals surface area contributed by atoms with Crippen molar-refractivity contribution in [3.05, 3.63) is 47.3 Å². The summed E-state index contributed by atoms with van der Waals surface area (Å²) in [7, 11) is -3.01. The third-order valence-electron chi connectivity index (χ3n) is 5.27. The molecule has 0 spiro atoms. The van der Waals surface area contributed by atoms with Gasteiger partial charge in [-0.15, -0.1) is 11.3 Å². The maximum atomic E-state index is 12.6. The summed E-state index contributed by atoms with van der Waals surface area (Å²) < 4.78 is 24.2. The minimum atomic E-state index is -3.01. The molecular weight excluding hydrogens is 378 g/mol. The molecule has 1 amide bonds. The number of benzene rings is 1. The van der Waals surface area contributed by atoms with Gasteiger partial charge in [0.05, 0.1) is 17.4 Å². The molecule has 1 fully saturated rings. The van der Waals surface area contributed by atoms with E-state index in [4.69, 9.17) is 0 Å². The van der Waals surface area contributed by atoms with Crippen LogP contribution in [0.2, 0.25) is 0 Å². The van der Waals surface area contributed by atoms with E-state index < -0.39 is 9.84 Å². The van der Waals surface area contributed by atoms with Crippen LogP contribution in [0.25, 0.3) is 10.4 Å². The van der Waals surface area contributed by atoms with Gasteiger partial charge in [0.25, 0.3) is 0 Å². The number of likely N-dealkylation sites (tertiary alicyclic amines) is 1. The molecule has 0 atom stereocenters. The highest BCUT2D eigenvalue weighted by atomic mass is 32.2. The summed E-state index contributed by atoms with van der Waals surface area (Å²) in [5.41, 5.74) is 2.19. The number of carbonyl (C=O) groups excluding carboxylic acids is 1. The van der Waals surface area contributed by atoms with E-state index in [-0.39, 0.29) is 22.8 Å². The lowest BCUT2D eigenvalue weighted by atomic mass is 9.98. The van der Waals surface area contributed by atoms with Gasteiger partial charge in [0, 0.05) is 18.0 Å². The molecule has 1 aliphatic heterocycles. The SMILES string of the molecule is CC(C)S(=O)(=O)CC1CCN(C(=O)Cc2ccc(-c3cccs3)cc2)CC1. The van der Waals surface area contributed by atoms with Crippen molar-refractivity contribution in [1.29, 1.82) is 0 Å². The minimum absolute atomic E-state index is 0.129. The Morgan fingerprint density at radius 1 is 1.15 bits per heavy atom. The van der Waals surface area contributed by atoms with Crippen LogP contribution in [0.4, 0.5) is 0 Å². The number of sulfone groups is 1. The lowest BCUT2D eigenvalue weighted by molar-refractivity contribution is -0.131. The van der Waals surface area contributed by atoms with E-state index >= 15 is 0 Å². The third kappa shape index (κ3) is 5.20. The molecule has 1 saturated heterocycles. The number of carbonyl (C=O) groups is 1. The van der Waals surface area contributed by atoms with Crippen LogP contribution in [-0.4, -0.2) is 43.3 Å². The third-order valence-corrected chi connectivity index (χ3v) is 8.56. The molecule has 1 aromatic carbocycles. The van der Waals surface area contributed by atoms with Gasteiger partial charge in [-0.2, -0.15) is 0 Å². The van der Waals surface area contributed by atoms with Gasteiger partial charge in [-0.3, -0.25) is 4.79 Å². The zero-order valence-corrected chi connectivity index (χ0v) is 17.6. The van der Waals surface area contributed by atoms with Gasteiger partial charge >= 0.3 is 0 Å². The maximum absolute atomic E-state index is 12.6. The number of piperidine rings is 1. The molecule has 0 bridgehead atoms. The van der Waals surface area contributed by atoms with E-state index in [1.165, 1.54) is 10.4 Å². The summed E-state index contributed by atoms with van der Waals surface area (Å²) in [4.78, 5) is 15.7. The Balaban J connectivity index is 1.51. The topological polar surface area (TPSA) is 54.5 Å². The fourth-order valence-corrected chi connectivity index (χ4v) is 5.49. The maximum Gasteiger partial charge on any atom is 0.226 e. The van der Waals surface area contributed by atoms with Gasteiger partial charge in [0.1, 0.15) is 0 Å². The van der Waals surface area contributed by atoms with Crippen molar-refractivity contribution in [2.75, 3.05) is 18.8 Å². The molecule has 0 unspecified atom stereocenters. The van der Waals surface area contributed by atoms with Crippen LogP contribution >= 0.6 is 11.3 Å². The van der Waals surface area contributed by atoms with Gasteiger partial charge in [-0.1, -0.05) is 30.3 Å². The molecule has 0 N–H and O–H groups in total. The predicted molar refractivity (Wildman–Crippen MR) is 112 cm³/mol. The summed E-state index contributed by atoms with van der Waals surface area (Å²) in [5.74, 6) is 0.548. The monoisotopic (exact) mass is 405 g/mol. The average molecular weight is 406 g/mol. The zero-order chi connectivity index (χ0) is 19.4. The average Bonchev–Trinajstić information content (AvgIpc) is 3.17. The van der Waals surface area contributed by atoms with E-state index in [9.17, 15) is 13.2 Å². The lowest BCUT2D eigenvalue weighted by Gasteiger charge is -2.32. The van der Waals surface area contributed by atoms with E-state index in [0.717, 1.165) is 18.4 Å². The fraction of sp³-hybridized carbons (Fsp3) is 0.476. The molecule has 0 radical (unpaired) electrons. The highest BCUT2D eigenvalue weighted by molar-refractivity contribution is 7.91. The normalized spacial score (nSPS) is 16.0. The van der Waals surface area contributed by atoms with E-state index in [1.807, 2.05) is 23.1 Å². The van der Waals surface area contributed by atoms with Crippen molar-refractivity contribution >= 4 is 27.1 Å². The van der Waals surface area contributed by atoms with Gasteiger partial charge < -0.3 is 4.90 Å². The minimum Gasteiger partial charge on any atom is -0.342 e. The first kappa shape index (κ1) is 20.1. The standard InChI is InChI=1S/C21H27NO3S2/c1-16(2)27(24,25)15-18-9-11-22(12-10-18)21(23)14-17-5-7-19(8-6-17)20-4-3-13-26-20/h3-8,13,16,18H,9-12,14-15H2,1-2H3. The summed E-state index contributed by atoms with van der Waals surface area (Å²) in [6, 6.07) is 12.3. The Labute approximate surface area is 166 Å². The molecule has 1 aromatic heterocycles. The second-order valence-electron chi connectivity index (χ2n) is 7.55. The number of rotatable bonds is 6. The van der Waals surface area contributed by atoms with Crippen molar-refractivity contribution in [2.24, 2.45) is 5.92 Å². The molecule has 2 heterocycles. The number of nitrogens with zero attached hydrogens (tertiary/aromatic N) is 1. The summed E-state index contributed by atoms with van der Waals surface area (Å²) in [6.07, 6.45) is 1.95. The molecule has 1 aliphatic rings. The Kier molecular flexibility index (Phi) is 6.37.